The topological polar surface area (TPSA) is 56.0 Å². The van der Waals surface area contributed by atoms with Gasteiger partial charge in [0.05, 0.1) is 17.2 Å². The van der Waals surface area contributed by atoms with Gasteiger partial charge in [-0.15, -0.1) is 10.2 Å². The molecule has 1 unspecified atom stereocenters. The minimum Gasteiger partial charge on any atom is -0.416 e. The Morgan fingerprint density at radius 1 is 1.12 bits per heavy atom. The SMILES string of the molecule is CC(Sc1nnc(Cc2cccc(F)c2)o1)C(=O)c1ccc(F)cc1F. The normalized spacial score (nSPS) is 12.2. The van der Waals surface area contributed by atoms with Crippen molar-refractivity contribution in [1.29, 1.82) is 0 Å². The van der Waals surface area contributed by atoms with E-state index in [0.717, 1.165) is 23.9 Å². The molecule has 26 heavy (non-hydrogen) atoms. The third kappa shape index (κ3) is 4.32. The smallest absolute Gasteiger partial charge is 0.277 e. The molecule has 0 saturated carbocycles. The lowest BCUT2D eigenvalue weighted by Crippen LogP contribution is -2.15. The second kappa shape index (κ2) is 7.74. The van der Waals surface area contributed by atoms with E-state index in [0.29, 0.717) is 11.6 Å². The zero-order chi connectivity index (χ0) is 18.7. The molecule has 0 amide bonds. The average molecular weight is 378 g/mol. The predicted molar refractivity (Wildman–Crippen MR) is 89.5 cm³/mol. The number of hydrogen-bond donors (Lipinski definition) is 0. The highest BCUT2D eigenvalue weighted by Crippen LogP contribution is 2.26. The molecule has 1 aromatic heterocycles. The summed E-state index contributed by atoms with van der Waals surface area (Å²) < 4.78 is 45.3. The van der Waals surface area contributed by atoms with Crippen LogP contribution in [0.1, 0.15) is 28.7 Å². The molecule has 1 atom stereocenters. The molecule has 0 saturated heterocycles. The van der Waals surface area contributed by atoms with E-state index in [1.54, 1.807) is 19.1 Å². The highest BCUT2D eigenvalue weighted by atomic mass is 32.2. The predicted octanol–water partition coefficient (Wildman–Crippen LogP) is 4.44. The van der Waals surface area contributed by atoms with Crippen LogP contribution >= 0.6 is 11.8 Å². The van der Waals surface area contributed by atoms with Crippen molar-refractivity contribution >= 4 is 17.5 Å². The van der Waals surface area contributed by atoms with E-state index in [4.69, 9.17) is 4.42 Å². The van der Waals surface area contributed by atoms with E-state index in [1.807, 2.05) is 0 Å². The molecule has 0 aliphatic carbocycles. The van der Waals surface area contributed by atoms with Crippen LogP contribution in [0.15, 0.2) is 52.1 Å². The lowest BCUT2D eigenvalue weighted by molar-refractivity contribution is 0.0989. The number of nitrogens with zero attached hydrogens (tertiary/aromatic N) is 2. The van der Waals surface area contributed by atoms with E-state index in [-0.39, 0.29) is 28.9 Å². The minimum absolute atomic E-state index is 0.139. The fraction of sp³-hybridized carbons (Fsp3) is 0.167. The Morgan fingerprint density at radius 2 is 1.88 bits per heavy atom. The summed E-state index contributed by atoms with van der Waals surface area (Å²) in [6, 6.07) is 8.79. The standard InChI is InChI=1S/C18H13F3N2O2S/c1-10(17(24)14-6-5-13(20)9-15(14)21)26-18-23-22-16(25-18)8-11-3-2-4-12(19)7-11/h2-7,9-10H,8H2,1H3. The van der Waals surface area contributed by atoms with Gasteiger partial charge in [-0.2, -0.15) is 0 Å². The van der Waals surface area contributed by atoms with Crippen LogP contribution in [0, 0.1) is 17.5 Å². The molecule has 0 spiro atoms. The van der Waals surface area contributed by atoms with Crippen molar-refractivity contribution in [3.05, 3.63) is 76.9 Å². The summed E-state index contributed by atoms with van der Waals surface area (Å²) >= 11 is 0.970. The van der Waals surface area contributed by atoms with Crippen LogP contribution in [-0.4, -0.2) is 21.2 Å². The van der Waals surface area contributed by atoms with Crippen LogP contribution in [0.4, 0.5) is 13.2 Å². The number of carbonyl (C=O) groups excluding carboxylic acids is 1. The van der Waals surface area contributed by atoms with Crippen molar-refractivity contribution in [2.75, 3.05) is 0 Å². The van der Waals surface area contributed by atoms with Crippen molar-refractivity contribution in [2.45, 2.75) is 23.8 Å². The van der Waals surface area contributed by atoms with Gasteiger partial charge in [-0.1, -0.05) is 23.9 Å². The van der Waals surface area contributed by atoms with E-state index in [1.165, 1.54) is 12.1 Å². The molecule has 3 aromatic rings. The van der Waals surface area contributed by atoms with Crippen molar-refractivity contribution in [3.63, 3.8) is 0 Å². The first-order chi connectivity index (χ1) is 12.4. The first-order valence-electron chi connectivity index (χ1n) is 7.65. The summed E-state index contributed by atoms with van der Waals surface area (Å²) in [7, 11) is 0. The Kier molecular flexibility index (Phi) is 5.41. The fourth-order valence-corrected chi connectivity index (χ4v) is 3.06. The van der Waals surface area contributed by atoms with Crippen molar-refractivity contribution in [1.82, 2.24) is 10.2 Å². The molecule has 0 fully saturated rings. The third-order valence-electron chi connectivity index (χ3n) is 3.54. The van der Waals surface area contributed by atoms with Crippen LogP contribution in [0.5, 0.6) is 0 Å². The maximum atomic E-state index is 13.7. The Labute approximate surface area is 151 Å². The molecular formula is C18H13F3N2O2S. The summed E-state index contributed by atoms with van der Waals surface area (Å²) in [5.74, 6) is -2.28. The Morgan fingerprint density at radius 3 is 2.62 bits per heavy atom. The van der Waals surface area contributed by atoms with Gasteiger partial charge in [0.2, 0.25) is 5.89 Å². The number of hydrogen-bond acceptors (Lipinski definition) is 5. The molecule has 134 valence electrons. The molecule has 0 radical (unpaired) electrons. The number of halogens is 3. The molecule has 8 heteroatoms. The molecule has 0 N–H and O–H groups in total. The fourth-order valence-electron chi connectivity index (χ4n) is 2.29. The summed E-state index contributed by atoms with van der Waals surface area (Å²) in [6.07, 6.45) is 0.250. The van der Waals surface area contributed by atoms with Gasteiger partial charge in [-0.25, -0.2) is 13.2 Å². The molecule has 2 aromatic carbocycles. The highest BCUT2D eigenvalue weighted by molar-refractivity contribution is 8.00. The average Bonchev–Trinajstić information content (AvgIpc) is 3.01. The summed E-state index contributed by atoms with van der Waals surface area (Å²) in [5, 5.41) is 7.12. The van der Waals surface area contributed by atoms with Gasteiger partial charge in [-0.05, 0) is 36.8 Å². The number of Topliss-reactive ketones (excluding diaryl/α,β-unsaturated/α-hetero) is 1. The number of benzene rings is 2. The van der Waals surface area contributed by atoms with Gasteiger partial charge >= 0.3 is 0 Å². The van der Waals surface area contributed by atoms with Crippen LogP contribution in [0.3, 0.4) is 0 Å². The van der Waals surface area contributed by atoms with E-state index in [9.17, 15) is 18.0 Å². The van der Waals surface area contributed by atoms with Gasteiger partial charge < -0.3 is 4.42 Å². The Balaban J connectivity index is 1.67. The number of ketones is 1. The lowest BCUT2D eigenvalue weighted by atomic mass is 10.1. The zero-order valence-corrected chi connectivity index (χ0v) is 14.4. The summed E-state index contributed by atoms with van der Waals surface area (Å²) in [5.41, 5.74) is 0.466. The van der Waals surface area contributed by atoms with Crippen molar-refractivity contribution in [2.24, 2.45) is 0 Å². The molecular weight excluding hydrogens is 365 g/mol. The maximum absolute atomic E-state index is 13.7. The zero-order valence-electron chi connectivity index (χ0n) is 13.6. The molecule has 0 bridgehead atoms. The molecule has 1 heterocycles. The number of carbonyl (C=O) groups is 1. The molecule has 3 rings (SSSR count). The largest absolute Gasteiger partial charge is 0.416 e. The van der Waals surface area contributed by atoms with Gasteiger partial charge in [0.25, 0.3) is 5.22 Å². The van der Waals surface area contributed by atoms with E-state index in [2.05, 4.69) is 10.2 Å². The summed E-state index contributed by atoms with van der Waals surface area (Å²) in [6.45, 7) is 1.56. The first kappa shape index (κ1) is 18.2. The molecule has 0 aliphatic heterocycles. The van der Waals surface area contributed by atoms with Crippen molar-refractivity contribution < 1.29 is 22.4 Å². The third-order valence-corrected chi connectivity index (χ3v) is 4.47. The van der Waals surface area contributed by atoms with Crippen LogP contribution in [-0.2, 0) is 6.42 Å². The number of aromatic nitrogens is 2. The van der Waals surface area contributed by atoms with Crippen LogP contribution in [0.2, 0.25) is 0 Å². The maximum Gasteiger partial charge on any atom is 0.277 e. The van der Waals surface area contributed by atoms with Crippen LogP contribution < -0.4 is 0 Å². The van der Waals surface area contributed by atoms with Crippen molar-refractivity contribution in [3.8, 4) is 0 Å². The second-order valence-electron chi connectivity index (χ2n) is 5.52. The van der Waals surface area contributed by atoms with E-state index < -0.39 is 22.7 Å². The quantitative estimate of drug-likeness (QED) is 0.469. The minimum atomic E-state index is -0.917. The highest BCUT2D eigenvalue weighted by Gasteiger charge is 2.22. The molecule has 4 nitrogen and oxygen atoms in total. The molecule has 0 aliphatic rings. The van der Waals surface area contributed by atoms with Gasteiger partial charge in [0.15, 0.2) is 5.78 Å². The van der Waals surface area contributed by atoms with E-state index >= 15 is 0 Å². The van der Waals surface area contributed by atoms with Gasteiger partial charge in [-0.3, -0.25) is 4.79 Å². The number of thioether (sulfide) groups is 1. The Bertz CT molecular complexity index is 946. The summed E-state index contributed by atoms with van der Waals surface area (Å²) in [4.78, 5) is 12.3. The number of rotatable bonds is 6. The second-order valence-corrected chi connectivity index (χ2v) is 6.81. The van der Waals surface area contributed by atoms with Gasteiger partial charge in [0.1, 0.15) is 17.5 Å². The first-order valence-corrected chi connectivity index (χ1v) is 8.53. The lowest BCUT2D eigenvalue weighted by Gasteiger charge is -2.08. The van der Waals surface area contributed by atoms with Crippen LogP contribution in [0.25, 0.3) is 0 Å². The van der Waals surface area contributed by atoms with Gasteiger partial charge in [0, 0.05) is 6.07 Å². The Hall–Kier alpha value is -2.61. The monoisotopic (exact) mass is 378 g/mol.